The van der Waals surface area contributed by atoms with E-state index in [0.29, 0.717) is 17.0 Å². The molecule has 1 fully saturated rings. The number of fused-ring (bicyclic) bond motifs is 2. The summed E-state index contributed by atoms with van der Waals surface area (Å²) in [6.45, 7) is 7.89. The fraction of sp³-hybridized carbons (Fsp3) is 0.400. The van der Waals surface area contributed by atoms with Crippen LogP contribution in [0.3, 0.4) is 0 Å². The van der Waals surface area contributed by atoms with Crippen molar-refractivity contribution in [3.05, 3.63) is 42.1 Å². The zero-order valence-corrected chi connectivity index (χ0v) is 19.4. The molecule has 172 valence electrons. The molecule has 0 saturated carbocycles. The molecular formula is C25H29FN6O. The molecular weight excluding hydrogens is 419 g/mol. The van der Waals surface area contributed by atoms with Gasteiger partial charge in [0, 0.05) is 29.1 Å². The molecule has 1 aliphatic rings. The second-order valence-electron chi connectivity index (χ2n) is 9.31. The molecule has 1 saturated heterocycles. The third kappa shape index (κ3) is 3.88. The Bertz CT molecular complexity index is 1350. The van der Waals surface area contributed by atoms with Crippen LogP contribution in [0.2, 0.25) is 0 Å². The minimum absolute atomic E-state index is 0.0156. The van der Waals surface area contributed by atoms with Crippen LogP contribution in [0, 0.1) is 18.7 Å². The fourth-order valence-corrected chi connectivity index (χ4v) is 4.89. The predicted molar refractivity (Wildman–Crippen MR) is 129 cm³/mol. The summed E-state index contributed by atoms with van der Waals surface area (Å²) in [5.74, 6) is 1.01. The summed E-state index contributed by atoms with van der Waals surface area (Å²) in [7, 11) is 2.08. The average Bonchev–Trinajstić information content (AvgIpc) is 3.34. The third-order valence-electron chi connectivity index (χ3n) is 6.63. The summed E-state index contributed by atoms with van der Waals surface area (Å²) >= 11 is 0. The Balaban J connectivity index is 1.46. The minimum atomic E-state index is -0.339. The Labute approximate surface area is 192 Å². The van der Waals surface area contributed by atoms with E-state index in [-0.39, 0.29) is 23.7 Å². The SMILES string of the molecule is Cc1nc2c(F)cc(-c3c[nH]c4nc(NC(=O)C5CCN(C)CC5)ccc34)cc2n1C(C)C. The van der Waals surface area contributed by atoms with E-state index in [1.165, 1.54) is 6.07 Å². The van der Waals surface area contributed by atoms with E-state index in [4.69, 9.17) is 0 Å². The van der Waals surface area contributed by atoms with Crippen molar-refractivity contribution >= 4 is 33.8 Å². The highest BCUT2D eigenvalue weighted by molar-refractivity contribution is 5.98. The van der Waals surface area contributed by atoms with Crippen LogP contribution >= 0.6 is 0 Å². The number of hydrogen-bond donors (Lipinski definition) is 2. The number of imidazole rings is 1. The highest BCUT2D eigenvalue weighted by atomic mass is 19.1. The molecule has 7 nitrogen and oxygen atoms in total. The second kappa shape index (κ2) is 8.26. The van der Waals surface area contributed by atoms with Crippen LogP contribution in [0.25, 0.3) is 33.2 Å². The van der Waals surface area contributed by atoms with Gasteiger partial charge < -0.3 is 19.8 Å². The number of pyridine rings is 1. The maximum absolute atomic E-state index is 15.0. The largest absolute Gasteiger partial charge is 0.345 e. The number of carbonyl (C=O) groups excluding carboxylic acids is 1. The number of piperidine rings is 1. The molecule has 1 aromatic carbocycles. The first-order chi connectivity index (χ1) is 15.8. The molecule has 0 spiro atoms. The van der Waals surface area contributed by atoms with Crippen molar-refractivity contribution < 1.29 is 9.18 Å². The number of aromatic nitrogens is 4. The van der Waals surface area contributed by atoms with Gasteiger partial charge in [0.2, 0.25) is 5.91 Å². The Morgan fingerprint density at radius 3 is 2.70 bits per heavy atom. The molecule has 4 heterocycles. The second-order valence-corrected chi connectivity index (χ2v) is 9.31. The first-order valence-electron chi connectivity index (χ1n) is 11.5. The molecule has 2 N–H and O–H groups in total. The van der Waals surface area contributed by atoms with Gasteiger partial charge in [0.25, 0.3) is 0 Å². The fourth-order valence-electron chi connectivity index (χ4n) is 4.89. The van der Waals surface area contributed by atoms with Crippen LogP contribution in [0.1, 0.15) is 38.6 Å². The molecule has 1 amide bonds. The average molecular weight is 449 g/mol. The molecule has 0 bridgehead atoms. The van der Waals surface area contributed by atoms with E-state index in [1.54, 1.807) is 0 Å². The van der Waals surface area contributed by atoms with Crippen molar-refractivity contribution in [3.63, 3.8) is 0 Å². The van der Waals surface area contributed by atoms with Crippen molar-refractivity contribution in [1.82, 2.24) is 24.4 Å². The number of nitrogens with one attached hydrogen (secondary N) is 2. The topological polar surface area (TPSA) is 78.8 Å². The molecule has 0 atom stereocenters. The molecule has 0 aliphatic carbocycles. The Morgan fingerprint density at radius 1 is 1.21 bits per heavy atom. The number of halogens is 1. The molecule has 33 heavy (non-hydrogen) atoms. The highest BCUT2D eigenvalue weighted by Crippen LogP contribution is 2.33. The van der Waals surface area contributed by atoms with Crippen LogP contribution in [0.5, 0.6) is 0 Å². The summed E-state index contributed by atoms with van der Waals surface area (Å²) < 4.78 is 17.0. The predicted octanol–water partition coefficient (Wildman–Crippen LogP) is 4.89. The van der Waals surface area contributed by atoms with Gasteiger partial charge in [-0.1, -0.05) is 0 Å². The summed E-state index contributed by atoms with van der Waals surface area (Å²) in [5, 5.41) is 3.84. The molecule has 0 unspecified atom stereocenters. The molecule has 3 aromatic heterocycles. The highest BCUT2D eigenvalue weighted by Gasteiger charge is 2.24. The number of carbonyl (C=O) groups is 1. The van der Waals surface area contributed by atoms with Gasteiger partial charge in [0.1, 0.15) is 22.8 Å². The molecule has 8 heteroatoms. The Hall–Kier alpha value is -3.26. The van der Waals surface area contributed by atoms with Crippen molar-refractivity contribution in [2.45, 2.75) is 39.7 Å². The molecule has 5 rings (SSSR count). The number of likely N-dealkylation sites (tertiary alicyclic amines) is 1. The van der Waals surface area contributed by atoms with Gasteiger partial charge in [0.15, 0.2) is 5.82 Å². The van der Waals surface area contributed by atoms with Gasteiger partial charge in [0.05, 0.1) is 5.52 Å². The number of aryl methyl sites for hydroxylation is 1. The summed E-state index contributed by atoms with van der Waals surface area (Å²) in [5.41, 5.74) is 3.45. The molecule has 0 radical (unpaired) electrons. The smallest absolute Gasteiger partial charge is 0.228 e. The summed E-state index contributed by atoms with van der Waals surface area (Å²) in [4.78, 5) is 27.1. The van der Waals surface area contributed by atoms with Gasteiger partial charge in [-0.3, -0.25) is 4.79 Å². The maximum atomic E-state index is 15.0. The number of benzene rings is 1. The minimum Gasteiger partial charge on any atom is -0.345 e. The Morgan fingerprint density at radius 2 is 1.97 bits per heavy atom. The first-order valence-corrected chi connectivity index (χ1v) is 11.5. The summed E-state index contributed by atoms with van der Waals surface area (Å²) in [6, 6.07) is 7.41. The van der Waals surface area contributed by atoms with Crippen LogP contribution in [0.4, 0.5) is 10.2 Å². The number of hydrogen-bond acceptors (Lipinski definition) is 4. The van der Waals surface area contributed by atoms with Crippen LogP contribution < -0.4 is 5.32 Å². The lowest BCUT2D eigenvalue weighted by Crippen LogP contribution is -2.36. The van der Waals surface area contributed by atoms with Gasteiger partial charge in [-0.15, -0.1) is 0 Å². The molecule has 4 aromatic rings. The van der Waals surface area contributed by atoms with Crippen LogP contribution in [-0.2, 0) is 4.79 Å². The first kappa shape index (κ1) is 21.6. The van der Waals surface area contributed by atoms with Crippen molar-refractivity contribution in [2.75, 3.05) is 25.5 Å². The van der Waals surface area contributed by atoms with E-state index < -0.39 is 0 Å². The zero-order chi connectivity index (χ0) is 23.3. The number of nitrogens with zero attached hydrogens (tertiary/aromatic N) is 4. The monoisotopic (exact) mass is 448 g/mol. The van der Waals surface area contributed by atoms with E-state index in [9.17, 15) is 9.18 Å². The van der Waals surface area contributed by atoms with Gasteiger partial charge in [-0.25, -0.2) is 14.4 Å². The van der Waals surface area contributed by atoms with Gasteiger partial charge in [-0.05, 0) is 83.6 Å². The Kier molecular flexibility index (Phi) is 5.40. The number of aromatic amines is 1. The lowest BCUT2D eigenvalue weighted by molar-refractivity contribution is -0.121. The standard InChI is InChI=1S/C25H29FN6O/c1-14(2)32-15(3)28-23-20(26)11-17(12-21(23)32)19-13-27-24-18(19)5-6-22(29-24)30-25(33)16-7-9-31(4)10-8-16/h5-6,11-14,16H,7-10H2,1-4H3,(H2,27,29,30,33). The van der Waals surface area contributed by atoms with Crippen molar-refractivity contribution in [1.29, 1.82) is 0 Å². The van der Waals surface area contributed by atoms with E-state index in [1.807, 2.05) is 35.9 Å². The number of amides is 1. The van der Waals surface area contributed by atoms with Gasteiger partial charge >= 0.3 is 0 Å². The maximum Gasteiger partial charge on any atom is 0.228 e. The van der Waals surface area contributed by atoms with Crippen LogP contribution in [-0.4, -0.2) is 50.5 Å². The zero-order valence-electron chi connectivity index (χ0n) is 19.4. The quantitative estimate of drug-likeness (QED) is 0.466. The lowest BCUT2D eigenvalue weighted by atomic mass is 9.96. The lowest BCUT2D eigenvalue weighted by Gasteiger charge is -2.27. The van der Waals surface area contributed by atoms with Gasteiger partial charge in [-0.2, -0.15) is 0 Å². The van der Waals surface area contributed by atoms with E-state index >= 15 is 0 Å². The van der Waals surface area contributed by atoms with Crippen molar-refractivity contribution in [2.24, 2.45) is 5.92 Å². The van der Waals surface area contributed by atoms with Crippen LogP contribution in [0.15, 0.2) is 30.5 Å². The number of anilines is 1. The van der Waals surface area contributed by atoms with E-state index in [0.717, 1.165) is 53.8 Å². The number of H-pyrrole nitrogens is 1. The molecule has 1 aliphatic heterocycles. The summed E-state index contributed by atoms with van der Waals surface area (Å²) in [6.07, 6.45) is 3.55. The normalized spacial score (nSPS) is 15.7. The van der Waals surface area contributed by atoms with Crippen molar-refractivity contribution in [3.8, 4) is 11.1 Å². The third-order valence-corrected chi connectivity index (χ3v) is 6.63. The number of rotatable bonds is 4. The van der Waals surface area contributed by atoms with E-state index in [2.05, 4.69) is 46.1 Å².